The SMILES string of the molecule is CCCCCCCCCN1CCC1. The van der Waals surface area contributed by atoms with Crippen LogP contribution in [0.1, 0.15) is 58.3 Å². The van der Waals surface area contributed by atoms with Crippen LogP contribution in [0.25, 0.3) is 0 Å². The zero-order valence-corrected chi connectivity index (χ0v) is 9.23. The zero-order valence-electron chi connectivity index (χ0n) is 9.23. The summed E-state index contributed by atoms with van der Waals surface area (Å²) in [5, 5.41) is 0. The summed E-state index contributed by atoms with van der Waals surface area (Å²) in [6.45, 7) is 6.39. The van der Waals surface area contributed by atoms with Gasteiger partial charge >= 0.3 is 0 Å². The van der Waals surface area contributed by atoms with Gasteiger partial charge in [0.2, 0.25) is 0 Å². The van der Waals surface area contributed by atoms with Crippen molar-refractivity contribution in [1.29, 1.82) is 0 Å². The third-order valence-corrected chi connectivity index (χ3v) is 3.03. The summed E-state index contributed by atoms with van der Waals surface area (Å²) < 4.78 is 0. The minimum atomic E-state index is 1.37. The van der Waals surface area contributed by atoms with Gasteiger partial charge in [0.15, 0.2) is 0 Å². The highest BCUT2D eigenvalue weighted by Gasteiger charge is 2.11. The molecule has 0 unspecified atom stereocenters. The molecule has 0 saturated carbocycles. The second-order valence-electron chi connectivity index (χ2n) is 4.32. The maximum atomic E-state index is 2.58. The number of likely N-dealkylation sites (tertiary alicyclic amines) is 1. The van der Waals surface area contributed by atoms with Gasteiger partial charge in [-0.2, -0.15) is 0 Å². The van der Waals surface area contributed by atoms with Crippen molar-refractivity contribution in [2.75, 3.05) is 19.6 Å². The minimum Gasteiger partial charge on any atom is -0.303 e. The van der Waals surface area contributed by atoms with Crippen LogP contribution < -0.4 is 0 Å². The van der Waals surface area contributed by atoms with E-state index in [4.69, 9.17) is 0 Å². The number of rotatable bonds is 8. The summed E-state index contributed by atoms with van der Waals surface area (Å²) in [6, 6.07) is 0. The first kappa shape index (κ1) is 11.0. The molecule has 0 aromatic rings. The lowest BCUT2D eigenvalue weighted by molar-refractivity contribution is 0.177. The highest BCUT2D eigenvalue weighted by Crippen LogP contribution is 2.10. The van der Waals surface area contributed by atoms with E-state index in [-0.39, 0.29) is 0 Å². The summed E-state index contributed by atoms with van der Waals surface area (Å²) in [4.78, 5) is 2.58. The van der Waals surface area contributed by atoms with Gasteiger partial charge in [0.1, 0.15) is 0 Å². The Morgan fingerprint density at radius 2 is 1.46 bits per heavy atom. The Kier molecular flexibility index (Phi) is 6.26. The second-order valence-corrected chi connectivity index (χ2v) is 4.32. The molecule has 1 heterocycles. The lowest BCUT2D eigenvalue weighted by Crippen LogP contribution is -2.37. The molecule has 0 amide bonds. The van der Waals surface area contributed by atoms with Crippen molar-refractivity contribution in [3.8, 4) is 0 Å². The molecule has 0 aliphatic carbocycles. The van der Waals surface area contributed by atoms with E-state index in [9.17, 15) is 0 Å². The van der Waals surface area contributed by atoms with Crippen molar-refractivity contribution in [3.63, 3.8) is 0 Å². The largest absolute Gasteiger partial charge is 0.303 e. The minimum absolute atomic E-state index is 1.37. The topological polar surface area (TPSA) is 3.24 Å². The van der Waals surface area contributed by atoms with Crippen LogP contribution in [0.4, 0.5) is 0 Å². The molecule has 78 valence electrons. The Morgan fingerprint density at radius 3 is 2.00 bits per heavy atom. The van der Waals surface area contributed by atoms with E-state index in [0.29, 0.717) is 0 Å². The quantitative estimate of drug-likeness (QED) is 0.521. The molecule has 0 aromatic carbocycles. The molecular weight excluding hydrogens is 158 g/mol. The molecule has 1 rings (SSSR count). The van der Waals surface area contributed by atoms with Crippen molar-refractivity contribution >= 4 is 0 Å². The molecule has 1 saturated heterocycles. The first-order valence-electron chi connectivity index (χ1n) is 6.16. The molecule has 1 fully saturated rings. The molecule has 0 atom stereocenters. The number of hydrogen-bond donors (Lipinski definition) is 0. The summed E-state index contributed by atoms with van der Waals surface area (Å²) in [5.74, 6) is 0. The third-order valence-electron chi connectivity index (χ3n) is 3.03. The maximum absolute atomic E-state index is 2.58. The van der Waals surface area contributed by atoms with Gasteiger partial charge in [-0.3, -0.25) is 0 Å². The van der Waals surface area contributed by atoms with Crippen molar-refractivity contribution in [1.82, 2.24) is 4.90 Å². The van der Waals surface area contributed by atoms with E-state index >= 15 is 0 Å². The molecule has 0 aromatic heterocycles. The molecule has 1 aliphatic rings. The van der Waals surface area contributed by atoms with Gasteiger partial charge in [-0.1, -0.05) is 45.4 Å². The summed E-state index contributed by atoms with van der Waals surface area (Å²) in [7, 11) is 0. The van der Waals surface area contributed by atoms with Crippen LogP contribution in [0.3, 0.4) is 0 Å². The third kappa shape index (κ3) is 5.30. The fourth-order valence-corrected chi connectivity index (χ4v) is 1.90. The molecule has 0 bridgehead atoms. The van der Waals surface area contributed by atoms with Crippen LogP contribution >= 0.6 is 0 Å². The first-order valence-corrected chi connectivity index (χ1v) is 6.16. The average Bonchev–Trinajstić information content (AvgIpc) is 2.07. The Bertz CT molecular complexity index is 108. The fourth-order valence-electron chi connectivity index (χ4n) is 1.90. The van der Waals surface area contributed by atoms with Crippen LogP contribution in [0.2, 0.25) is 0 Å². The Morgan fingerprint density at radius 1 is 0.846 bits per heavy atom. The number of unbranched alkanes of at least 4 members (excludes halogenated alkanes) is 6. The van der Waals surface area contributed by atoms with Crippen LogP contribution in [0.5, 0.6) is 0 Å². The maximum Gasteiger partial charge on any atom is -0.000654 e. The van der Waals surface area contributed by atoms with Gasteiger partial charge in [0.25, 0.3) is 0 Å². The highest BCUT2D eigenvalue weighted by atomic mass is 15.2. The highest BCUT2D eigenvalue weighted by molar-refractivity contribution is 4.67. The van der Waals surface area contributed by atoms with Crippen molar-refractivity contribution < 1.29 is 0 Å². The standard InChI is InChI=1S/C12H25N/c1-2-3-4-5-6-7-8-10-13-11-9-12-13/h2-12H2,1H3. The predicted molar refractivity (Wildman–Crippen MR) is 59.1 cm³/mol. The van der Waals surface area contributed by atoms with E-state index in [1.165, 1.54) is 71.0 Å². The predicted octanol–water partition coefficient (Wildman–Crippen LogP) is 3.44. The Hall–Kier alpha value is -0.0400. The van der Waals surface area contributed by atoms with Gasteiger partial charge in [0.05, 0.1) is 0 Å². The molecule has 13 heavy (non-hydrogen) atoms. The lowest BCUT2D eigenvalue weighted by atomic mass is 10.1. The second kappa shape index (κ2) is 7.37. The van der Waals surface area contributed by atoms with Gasteiger partial charge in [-0.15, -0.1) is 0 Å². The molecule has 1 aliphatic heterocycles. The molecule has 0 spiro atoms. The van der Waals surface area contributed by atoms with E-state index in [2.05, 4.69) is 11.8 Å². The van der Waals surface area contributed by atoms with E-state index in [0.717, 1.165) is 0 Å². The Balaban J connectivity index is 1.68. The normalized spacial score (nSPS) is 17.3. The summed E-state index contributed by atoms with van der Waals surface area (Å²) in [6.07, 6.45) is 11.5. The molecule has 1 heteroatoms. The van der Waals surface area contributed by atoms with E-state index in [1.807, 2.05) is 0 Å². The van der Waals surface area contributed by atoms with Crippen LogP contribution in [-0.2, 0) is 0 Å². The van der Waals surface area contributed by atoms with Crippen molar-refractivity contribution in [2.24, 2.45) is 0 Å². The number of hydrogen-bond acceptors (Lipinski definition) is 1. The van der Waals surface area contributed by atoms with Crippen LogP contribution in [0.15, 0.2) is 0 Å². The number of nitrogens with zero attached hydrogens (tertiary/aromatic N) is 1. The van der Waals surface area contributed by atoms with Crippen LogP contribution in [-0.4, -0.2) is 24.5 Å². The lowest BCUT2D eigenvalue weighted by Gasteiger charge is -2.30. The molecule has 1 nitrogen and oxygen atoms in total. The van der Waals surface area contributed by atoms with Crippen molar-refractivity contribution in [3.05, 3.63) is 0 Å². The first-order chi connectivity index (χ1) is 6.43. The van der Waals surface area contributed by atoms with Gasteiger partial charge in [-0.05, 0) is 32.5 Å². The van der Waals surface area contributed by atoms with Crippen LogP contribution in [0, 0.1) is 0 Å². The van der Waals surface area contributed by atoms with Crippen molar-refractivity contribution in [2.45, 2.75) is 58.3 Å². The van der Waals surface area contributed by atoms with Gasteiger partial charge in [0, 0.05) is 0 Å². The average molecular weight is 183 g/mol. The van der Waals surface area contributed by atoms with E-state index < -0.39 is 0 Å². The fraction of sp³-hybridized carbons (Fsp3) is 1.00. The summed E-state index contributed by atoms with van der Waals surface area (Å²) in [5.41, 5.74) is 0. The monoisotopic (exact) mass is 183 g/mol. The van der Waals surface area contributed by atoms with Gasteiger partial charge in [-0.25, -0.2) is 0 Å². The smallest absolute Gasteiger partial charge is 0.000654 e. The molecule has 0 N–H and O–H groups in total. The van der Waals surface area contributed by atoms with E-state index in [1.54, 1.807) is 0 Å². The molecular formula is C12H25N. The van der Waals surface area contributed by atoms with Gasteiger partial charge < -0.3 is 4.90 Å². The zero-order chi connectivity index (χ0) is 9.36. The summed E-state index contributed by atoms with van der Waals surface area (Å²) >= 11 is 0. The molecule has 0 radical (unpaired) electrons. The Labute approximate surface area is 83.5 Å².